The molecule has 1 rings (SSSR count). The van der Waals surface area contributed by atoms with E-state index in [-0.39, 0.29) is 12.4 Å². The molecule has 0 bridgehead atoms. The van der Waals surface area contributed by atoms with Crippen molar-refractivity contribution in [3.05, 3.63) is 11.9 Å². The summed E-state index contributed by atoms with van der Waals surface area (Å²) in [5.74, 6) is -2.76. The van der Waals surface area contributed by atoms with Gasteiger partial charge < -0.3 is 20.6 Å². The van der Waals surface area contributed by atoms with Crippen LogP contribution < -0.4 is 5.73 Å². The van der Waals surface area contributed by atoms with Crippen LogP contribution in [0.2, 0.25) is 0 Å². The number of aromatic amines is 1. The second-order valence-corrected chi connectivity index (χ2v) is 2.85. The number of H-pyrrole nitrogens is 1. The maximum Gasteiger partial charge on any atom is 0.490 e. The molecule has 0 saturated heterocycles. The van der Waals surface area contributed by atoms with Crippen molar-refractivity contribution in [3.63, 3.8) is 0 Å². The fourth-order valence-electron chi connectivity index (χ4n) is 0.694. The van der Waals surface area contributed by atoms with Gasteiger partial charge in [-0.2, -0.15) is 13.2 Å². The number of nitrogens with two attached hydrogens (primary N) is 1. The zero-order chi connectivity index (χ0) is 14.3. The molecule has 0 radical (unpaired) electrons. The molecule has 1 heterocycles. The van der Waals surface area contributed by atoms with Crippen LogP contribution in [0.4, 0.5) is 19.1 Å². The van der Waals surface area contributed by atoms with Crippen molar-refractivity contribution < 1.29 is 32.6 Å². The van der Waals surface area contributed by atoms with Gasteiger partial charge in [-0.1, -0.05) is 0 Å². The number of aromatic nitrogens is 2. The molecule has 0 amide bonds. The van der Waals surface area contributed by atoms with Crippen LogP contribution in [0.15, 0.2) is 6.20 Å². The highest BCUT2D eigenvalue weighted by Gasteiger charge is 2.38. The molecule has 0 saturated carbocycles. The number of nitrogen functional groups attached to an aromatic ring is 1. The zero-order valence-corrected chi connectivity index (χ0v) is 9.11. The van der Waals surface area contributed by atoms with Gasteiger partial charge in [-0.15, -0.1) is 0 Å². The lowest BCUT2D eigenvalue weighted by Crippen LogP contribution is -2.21. The van der Waals surface area contributed by atoms with Crippen molar-refractivity contribution >= 4 is 17.9 Å². The molecule has 0 aliphatic heterocycles. The van der Waals surface area contributed by atoms with Crippen LogP contribution in [0.1, 0.15) is 5.69 Å². The van der Waals surface area contributed by atoms with Gasteiger partial charge in [0.1, 0.15) is 0 Å². The minimum absolute atomic E-state index is 0.181. The summed E-state index contributed by atoms with van der Waals surface area (Å²) < 4.78 is 36.2. The smallest absolute Gasteiger partial charge is 0.475 e. The van der Waals surface area contributed by atoms with Crippen LogP contribution in [-0.4, -0.2) is 40.3 Å². The highest BCUT2D eigenvalue weighted by atomic mass is 19.4. The van der Waals surface area contributed by atoms with Crippen LogP contribution in [0.3, 0.4) is 0 Å². The van der Waals surface area contributed by atoms with Gasteiger partial charge in [0, 0.05) is 5.69 Å². The molecular weight excluding hydrogens is 259 g/mol. The Morgan fingerprint density at radius 3 is 2.33 bits per heavy atom. The van der Waals surface area contributed by atoms with Crippen molar-refractivity contribution in [2.24, 2.45) is 0 Å². The van der Waals surface area contributed by atoms with E-state index in [1.807, 2.05) is 0 Å². The molecule has 0 aliphatic carbocycles. The summed E-state index contributed by atoms with van der Waals surface area (Å²) in [6.45, 7) is 0. The summed E-state index contributed by atoms with van der Waals surface area (Å²) >= 11 is 0. The third-order valence-corrected chi connectivity index (χ3v) is 1.45. The number of hydrogen-bond acceptors (Lipinski definition) is 5. The Hall–Kier alpha value is -2.26. The van der Waals surface area contributed by atoms with Gasteiger partial charge in [0.2, 0.25) is 0 Å². The van der Waals surface area contributed by atoms with E-state index in [0.717, 1.165) is 0 Å². The summed E-state index contributed by atoms with van der Waals surface area (Å²) in [4.78, 5) is 26.0. The number of rotatable bonds is 2. The first-order valence-corrected chi connectivity index (χ1v) is 4.33. The van der Waals surface area contributed by atoms with E-state index in [1.165, 1.54) is 13.3 Å². The molecule has 0 unspecified atom stereocenters. The topological polar surface area (TPSA) is 118 Å². The van der Waals surface area contributed by atoms with Crippen LogP contribution in [0, 0.1) is 0 Å². The number of carboxylic acid groups (broad SMARTS) is 1. The number of nitrogens with one attached hydrogen (secondary N) is 1. The highest BCUT2D eigenvalue weighted by Crippen LogP contribution is 2.13. The lowest BCUT2D eigenvalue weighted by Gasteiger charge is -1.93. The van der Waals surface area contributed by atoms with Crippen molar-refractivity contribution in [1.29, 1.82) is 0 Å². The Morgan fingerprint density at radius 2 is 2.06 bits per heavy atom. The number of aliphatic carboxylic acids is 1. The number of halogens is 3. The maximum atomic E-state index is 10.7. The summed E-state index contributed by atoms with van der Waals surface area (Å²) in [6.07, 6.45) is -3.40. The van der Waals surface area contributed by atoms with E-state index in [1.54, 1.807) is 0 Å². The molecule has 0 aromatic carbocycles. The normalized spacial score (nSPS) is 10.2. The van der Waals surface area contributed by atoms with E-state index in [0.29, 0.717) is 11.6 Å². The average Bonchev–Trinajstić information content (AvgIpc) is 2.63. The molecule has 102 valence electrons. The molecule has 0 atom stereocenters. The van der Waals surface area contributed by atoms with Crippen LogP contribution >= 0.6 is 0 Å². The van der Waals surface area contributed by atoms with Crippen LogP contribution in [0.25, 0.3) is 0 Å². The van der Waals surface area contributed by atoms with Crippen LogP contribution in [0.5, 0.6) is 0 Å². The van der Waals surface area contributed by atoms with E-state index < -0.39 is 12.1 Å². The Labute approximate surface area is 98.8 Å². The largest absolute Gasteiger partial charge is 0.490 e. The Morgan fingerprint density at radius 1 is 1.56 bits per heavy atom. The molecule has 7 nitrogen and oxygen atoms in total. The molecule has 10 heteroatoms. The lowest BCUT2D eigenvalue weighted by atomic mass is 10.3. The third kappa shape index (κ3) is 6.35. The second kappa shape index (κ2) is 6.47. The van der Waals surface area contributed by atoms with Gasteiger partial charge in [-0.05, 0) is 0 Å². The van der Waals surface area contributed by atoms with Gasteiger partial charge in [-0.25, -0.2) is 9.78 Å². The minimum Gasteiger partial charge on any atom is -0.475 e. The van der Waals surface area contributed by atoms with E-state index in [4.69, 9.17) is 15.6 Å². The number of anilines is 1. The summed E-state index contributed by atoms with van der Waals surface area (Å²) in [6, 6.07) is 0. The van der Waals surface area contributed by atoms with E-state index in [2.05, 4.69) is 14.7 Å². The number of methoxy groups -OCH3 is 1. The second-order valence-electron chi connectivity index (χ2n) is 2.85. The van der Waals surface area contributed by atoms with Gasteiger partial charge in [-0.3, -0.25) is 4.79 Å². The summed E-state index contributed by atoms with van der Waals surface area (Å²) in [7, 11) is 1.34. The highest BCUT2D eigenvalue weighted by molar-refractivity contribution is 5.73. The van der Waals surface area contributed by atoms with Gasteiger partial charge in [0.15, 0.2) is 5.95 Å². The van der Waals surface area contributed by atoms with E-state index >= 15 is 0 Å². The number of carboxylic acids is 1. The zero-order valence-electron chi connectivity index (χ0n) is 9.11. The average molecular weight is 269 g/mol. The molecule has 4 N–H and O–H groups in total. The monoisotopic (exact) mass is 269 g/mol. The van der Waals surface area contributed by atoms with Crippen LogP contribution in [-0.2, 0) is 20.7 Å². The number of carbonyl (C=O) groups excluding carboxylic acids is 1. The van der Waals surface area contributed by atoms with Crippen molar-refractivity contribution in [3.8, 4) is 0 Å². The summed E-state index contributed by atoms with van der Waals surface area (Å²) in [5.41, 5.74) is 5.94. The van der Waals surface area contributed by atoms with Gasteiger partial charge in [0.25, 0.3) is 0 Å². The molecule has 0 aliphatic rings. The van der Waals surface area contributed by atoms with Crippen molar-refractivity contribution in [2.45, 2.75) is 12.6 Å². The lowest BCUT2D eigenvalue weighted by molar-refractivity contribution is -0.192. The molecule has 1 aromatic rings. The fourth-order valence-corrected chi connectivity index (χ4v) is 0.694. The SMILES string of the molecule is COC(=O)Cc1cnc(N)[nH]1.O=C(O)C(F)(F)F. The quantitative estimate of drug-likeness (QED) is 0.666. The molecule has 0 spiro atoms. The number of carbonyl (C=O) groups is 2. The van der Waals surface area contributed by atoms with Gasteiger partial charge >= 0.3 is 18.1 Å². The van der Waals surface area contributed by atoms with E-state index in [9.17, 15) is 18.0 Å². The first kappa shape index (κ1) is 15.7. The predicted octanol–water partition coefficient (Wildman–Crippen LogP) is 0.341. The Bertz CT molecular complexity index is 416. The van der Waals surface area contributed by atoms with Crippen molar-refractivity contribution in [2.75, 3.05) is 12.8 Å². The summed E-state index contributed by atoms with van der Waals surface area (Å²) in [5, 5.41) is 7.12. The Balaban J connectivity index is 0.000000360. The molecule has 1 aromatic heterocycles. The first-order chi connectivity index (χ1) is 8.16. The number of ether oxygens (including phenoxy) is 1. The number of nitrogens with zero attached hydrogens (tertiary/aromatic N) is 1. The number of imidazole rings is 1. The predicted molar refractivity (Wildman–Crippen MR) is 52.4 cm³/mol. The molecule has 0 fully saturated rings. The standard InChI is InChI=1S/C6H9N3O2.C2HF3O2/c1-11-5(10)2-4-3-8-6(7)9-4;3-2(4,5)1(6)7/h3H,2H2,1H3,(H3,7,8,9);(H,6,7). The molecular formula is C8H10F3N3O4. The maximum absolute atomic E-state index is 10.7. The minimum atomic E-state index is -5.08. The number of hydrogen-bond donors (Lipinski definition) is 3. The third-order valence-electron chi connectivity index (χ3n) is 1.45. The number of alkyl halides is 3. The molecule has 18 heavy (non-hydrogen) atoms. The fraction of sp³-hybridized carbons (Fsp3) is 0.375. The Kier molecular flexibility index (Phi) is 5.66. The van der Waals surface area contributed by atoms with Gasteiger partial charge in [0.05, 0.1) is 19.7 Å². The first-order valence-electron chi connectivity index (χ1n) is 4.33. The number of esters is 1. The van der Waals surface area contributed by atoms with Crippen molar-refractivity contribution in [1.82, 2.24) is 9.97 Å².